The fourth-order valence-corrected chi connectivity index (χ4v) is 9.96. The maximum Gasteiger partial charge on any atom is 0.280 e. The number of aromatic nitrogens is 6. The molecule has 2 saturated heterocycles. The van der Waals surface area contributed by atoms with E-state index in [4.69, 9.17) is 42.6 Å². The van der Waals surface area contributed by atoms with Gasteiger partial charge in [-0.15, -0.1) is 0 Å². The number of hydrogen-bond donors (Lipinski definition) is 2. The van der Waals surface area contributed by atoms with Crippen LogP contribution >= 0.6 is 0 Å². The number of benzene rings is 5. The fourth-order valence-electron chi connectivity index (χ4n) is 9.96. The molecule has 5 aromatic carbocycles. The number of aryl methyl sites for hydroxylation is 3. The van der Waals surface area contributed by atoms with Crippen LogP contribution < -0.4 is 43.8 Å². The molecule has 2 fully saturated rings. The van der Waals surface area contributed by atoms with Gasteiger partial charge >= 0.3 is 0 Å². The molecule has 0 unspecified atom stereocenters. The van der Waals surface area contributed by atoms with E-state index in [9.17, 15) is 14.0 Å². The number of nitrogens with one attached hydrogen (secondary N) is 2. The first-order valence-corrected chi connectivity index (χ1v) is 29.1. The molecule has 0 bridgehead atoms. The van der Waals surface area contributed by atoms with Gasteiger partial charge in [0.05, 0.1) is 83.4 Å². The summed E-state index contributed by atoms with van der Waals surface area (Å²) in [6, 6.07) is 24.6. The minimum atomic E-state index is -0.701. The minimum absolute atomic E-state index is 0.00147. The average molecular weight is 1220 g/mol. The standard InChI is InChI=1S/C36H37F2N5O6.C29H32FN5O5/c1-4-47-34-22-43(29-8-6-24(37)18-23(29)2)41-35(34)36(44)40-25-7-9-31(27(38)19-25)49-30-10-11-39-28-21-33(32(45-3)20-26(28)30)48-15-5-12-42-13-16-46-17-14-42;1-19-15-24(33-34(19)2)29(36)32-20-5-6-26(22(30)16-20)40-25-7-8-31-23-18-28(27(37-3)17-21(23)25)39-12-4-9-35-10-13-38-14-11-35/h6-11,18-22H,4-5,12-17H2,1-3H3,(H,40,44);5-8,15-18H,4,9-14H2,1-3H3,(H,32,36). The number of morpholine rings is 2. The SMILES string of the molecule is CCOc1cn(-c2ccc(F)cc2C)nc1C(=O)Nc1ccc(Oc2ccnc3cc(OCCCN4CCOCC4)c(OC)cc23)c(F)c1.COc1cc2c(Oc3ccc(NC(=O)c4cc(C)n(C)n4)cc3F)ccnc2cc1OCCCN1CCOCC1. The summed E-state index contributed by atoms with van der Waals surface area (Å²) in [5.41, 5.74) is 3.96. The highest BCUT2D eigenvalue weighted by atomic mass is 19.1. The van der Waals surface area contributed by atoms with Crippen LogP contribution in [0.5, 0.6) is 51.7 Å². The molecular formula is C65H69F3N10O11. The number of fused-ring (bicyclic) bond motifs is 2. The van der Waals surface area contributed by atoms with Crippen LogP contribution in [0.3, 0.4) is 0 Å². The van der Waals surface area contributed by atoms with Crippen LogP contribution in [0.25, 0.3) is 27.5 Å². The molecule has 0 radical (unpaired) electrons. The van der Waals surface area contributed by atoms with Crippen molar-refractivity contribution in [3.63, 3.8) is 0 Å². The molecule has 11 rings (SSSR count). The maximum absolute atomic E-state index is 15.4. The number of amides is 2. The second-order valence-corrected chi connectivity index (χ2v) is 20.8. The number of hydrogen-bond acceptors (Lipinski definition) is 17. The third-order valence-corrected chi connectivity index (χ3v) is 14.7. The van der Waals surface area contributed by atoms with Gasteiger partial charge in [-0.3, -0.25) is 34.0 Å². The Kier molecular flexibility index (Phi) is 20.7. The van der Waals surface area contributed by atoms with Crippen LogP contribution in [-0.2, 0) is 16.5 Å². The maximum atomic E-state index is 15.4. The molecule has 24 heteroatoms. The normalized spacial score (nSPS) is 13.5. The zero-order valence-electron chi connectivity index (χ0n) is 50.3. The average Bonchev–Trinajstić information content (AvgIpc) is 2.06. The van der Waals surface area contributed by atoms with Gasteiger partial charge < -0.3 is 53.3 Å². The molecule has 2 amide bonds. The van der Waals surface area contributed by atoms with E-state index >= 15 is 8.78 Å². The summed E-state index contributed by atoms with van der Waals surface area (Å²) in [6.07, 6.45) is 6.43. The highest BCUT2D eigenvalue weighted by Gasteiger charge is 2.23. The summed E-state index contributed by atoms with van der Waals surface area (Å²) < 4.78 is 98.7. The van der Waals surface area contributed by atoms with Gasteiger partial charge in [0.15, 0.2) is 63.3 Å². The number of halogens is 3. The first-order chi connectivity index (χ1) is 43.2. The Bertz CT molecular complexity index is 3930. The van der Waals surface area contributed by atoms with Gasteiger partial charge in [0.1, 0.15) is 17.3 Å². The van der Waals surface area contributed by atoms with E-state index in [2.05, 4.69) is 40.6 Å². The van der Waals surface area contributed by atoms with Gasteiger partial charge in [-0.25, -0.2) is 17.9 Å². The van der Waals surface area contributed by atoms with Gasteiger partial charge in [0.25, 0.3) is 11.8 Å². The molecule has 4 aromatic heterocycles. The molecule has 0 saturated carbocycles. The molecule has 0 atom stereocenters. The first-order valence-electron chi connectivity index (χ1n) is 29.1. The molecule has 0 aliphatic carbocycles. The van der Waals surface area contributed by atoms with Crippen molar-refractivity contribution in [2.24, 2.45) is 7.05 Å². The summed E-state index contributed by atoms with van der Waals surface area (Å²) >= 11 is 0. The molecule has 2 N–H and O–H groups in total. The van der Waals surface area contributed by atoms with Gasteiger partial charge in [0.2, 0.25) is 0 Å². The zero-order valence-corrected chi connectivity index (χ0v) is 50.3. The number of carbonyl (C=O) groups is 2. The van der Waals surface area contributed by atoms with Gasteiger partial charge in [-0.05, 0) is 112 Å². The highest BCUT2D eigenvalue weighted by Crippen LogP contribution is 2.40. The van der Waals surface area contributed by atoms with Crippen molar-refractivity contribution in [3.8, 4) is 57.4 Å². The van der Waals surface area contributed by atoms with Crippen LogP contribution in [0.2, 0.25) is 0 Å². The second-order valence-electron chi connectivity index (χ2n) is 20.8. The van der Waals surface area contributed by atoms with Gasteiger partial charge in [-0.2, -0.15) is 10.2 Å². The van der Waals surface area contributed by atoms with Crippen molar-refractivity contribution in [1.29, 1.82) is 0 Å². The summed E-state index contributed by atoms with van der Waals surface area (Å²) in [7, 11) is 4.87. The fraction of sp³-hybridized carbons (Fsp3) is 0.323. The molecule has 21 nitrogen and oxygen atoms in total. The quantitative estimate of drug-likeness (QED) is 0.0571. The van der Waals surface area contributed by atoms with Crippen molar-refractivity contribution in [2.75, 3.05) is 110 Å². The Morgan fingerprint density at radius 3 is 1.57 bits per heavy atom. The third-order valence-electron chi connectivity index (χ3n) is 14.7. The lowest BCUT2D eigenvalue weighted by Gasteiger charge is -2.26. The zero-order chi connectivity index (χ0) is 62.4. The minimum Gasteiger partial charge on any atom is -0.493 e. The largest absolute Gasteiger partial charge is 0.493 e. The smallest absolute Gasteiger partial charge is 0.280 e. The van der Waals surface area contributed by atoms with Gasteiger partial charge in [0, 0.05) is 111 Å². The Morgan fingerprint density at radius 2 is 1.10 bits per heavy atom. The molecular weight excluding hydrogens is 1150 g/mol. The number of pyridine rings is 2. The Morgan fingerprint density at radius 1 is 0.573 bits per heavy atom. The summed E-state index contributed by atoms with van der Waals surface area (Å²) in [6.45, 7) is 15.3. The van der Waals surface area contributed by atoms with E-state index in [1.807, 2.05) is 6.92 Å². The Balaban J connectivity index is 0.000000200. The molecule has 89 heavy (non-hydrogen) atoms. The lowest BCUT2D eigenvalue weighted by atomic mass is 10.1. The molecule has 6 heterocycles. The van der Waals surface area contributed by atoms with E-state index in [0.717, 1.165) is 90.3 Å². The number of carbonyl (C=O) groups excluding carboxylic acids is 2. The monoisotopic (exact) mass is 1220 g/mol. The first kappa shape index (κ1) is 62.6. The van der Waals surface area contributed by atoms with E-state index in [1.165, 1.54) is 41.1 Å². The van der Waals surface area contributed by atoms with Crippen molar-refractivity contribution < 1.29 is 65.4 Å². The number of anilines is 2. The lowest BCUT2D eigenvalue weighted by molar-refractivity contribution is 0.0357. The van der Waals surface area contributed by atoms with Gasteiger partial charge in [-0.1, -0.05) is 0 Å². The summed E-state index contributed by atoms with van der Waals surface area (Å²) in [5.74, 6) is 0.346. The van der Waals surface area contributed by atoms with Crippen LogP contribution in [0.15, 0.2) is 116 Å². The van der Waals surface area contributed by atoms with Crippen molar-refractivity contribution in [1.82, 2.24) is 39.3 Å². The van der Waals surface area contributed by atoms with Crippen LogP contribution in [0, 0.1) is 31.3 Å². The third kappa shape index (κ3) is 15.8. The number of ether oxygens (including phenoxy) is 9. The predicted molar refractivity (Wildman–Crippen MR) is 328 cm³/mol. The number of rotatable bonds is 23. The van der Waals surface area contributed by atoms with Crippen LogP contribution in [0.4, 0.5) is 24.5 Å². The molecule has 2 aliphatic rings. The highest BCUT2D eigenvalue weighted by molar-refractivity contribution is 6.05. The van der Waals surface area contributed by atoms with Crippen molar-refractivity contribution in [3.05, 3.63) is 156 Å². The summed E-state index contributed by atoms with van der Waals surface area (Å²) in [4.78, 5) is 39.3. The lowest BCUT2D eigenvalue weighted by Crippen LogP contribution is -2.37. The van der Waals surface area contributed by atoms with Crippen LogP contribution in [0.1, 0.15) is 52.0 Å². The van der Waals surface area contributed by atoms with E-state index in [-0.39, 0.29) is 52.4 Å². The van der Waals surface area contributed by atoms with E-state index in [0.29, 0.717) is 80.8 Å². The van der Waals surface area contributed by atoms with Crippen LogP contribution in [-0.4, -0.2) is 151 Å². The predicted octanol–water partition coefficient (Wildman–Crippen LogP) is 11.1. The number of methoxy groups -OCH3 is 2. The molecule has 0 spiro atoms. The van der Waals surface area contributed by atoms with Crippen molar-refractivity contribution >= 4 is 45.0 Å². The molecule has 2 aliphatic heterocycles. The topological polar surface area (TPSA) is 209 Å². The Labute approximate surface area is 512 Å². The molecule has 466 valence electrons. The van der Waals surface area contributed by atoms with E-state index < -0.39 is 23.4 Å². The van der Waals surface area contributed by atoms with Crippen molar-refractivity contribution in [2.45, 2.75) is 33.6 Å². The number of nitrogens with zero attached hydrogens (tertiary/aromatic N) is 8. The Hall–Kier alpha value is -9.49. The second kappa shape index (κ2) is 29.5. The van der Waals surface area contributed by atoms with E-state index in [1.54, 1.807) is 113 Å². The summed E-state index contributed by atoms with van der Waals surface area (Å²) in [5, 5.41) is 15.1. The molecule has 9 aromatic rings.